The summed E-state index contributed by atoms with van der Waals surface area (Å²) in [6, 6.07) is 8.71. The molecule has 20 heavy (non-hydrogen) atoms. The second-order valence-electron chi connectivity index (χ2n) is 6.19. The van der Waals surface area contributed by atoms with Gasteiger partial charge in [-0.15, -0.1) is 0 Å². The predicted octanol–water partition coefficient (Wildman–Crippen LogP) is 4.19. The monoisotopic (exact) mass is 296 g/mol. The molecule has 3 heteroatoms. The highest BCUT2D eigenvalue weighted by atomic mass is 35.5. The molecule has 0 aromatic heterocycles. The maximum absolute atomic E-state index is 5.89. The summed E-state index contributed by atoms with van der Waals surface area (Å²) in [6.45, 7) is 9.93. The highest BCUT2D eigenvalue weighted by Gasteiger charge is 2.04. The predicted molar refractivity (Wildman–Crippen MR) is 89.3 cm³/mol. The zero-order valence-electron chi connectivity index (χ0n) is 13.3. The van der Waals surface area contributed by atoms with Gasteiger partial charge in [0, 0.05) is 30.7 Å². The minimum atomic E-state index is 0.612. The number of nitrogens with one attached hydrogen (secondary N) is 1. The summed E-state index contributed by atoms with van der Waals surface area (Å²) in [6.07, 6.45) is 2.56. The molecule has 0 heterocycles. The summed E-state index contributed by atoms with van der Waals surface area (Å²) in [5.41, 5.74) is 1.31. The fraction of sp³-hybridized carbons (Fsp3) is 0.647. The van der Waals surface area contributed by atoms with E-state index in [9.17, 15) is 0 Å². The molecule has 0 aliphatic heterocycles. The van der Waals surface area contributed by atoms with Gasteiger partial charge < -0.3 is 10.2 Å². The van der Waals surface area contributed by atoms with E-state index in [0.29, 0.717) is 6.04 Å². The van der Waals surface area contributed by atoms with Crippen LogP contribution in [0.15, 0.2) is 24.3 Å². The molecule has 0 saturated heterocycles. The van der Waals surface area contributed by atoms with Crippen molar-refractivity contribution in [2.24, 2.45) is 5.92 Å². The first-order chi connectivity index (χ1) is 9.47. The molecular weight excluding hydrogens is 268 g/mol. The third-order valence-electron chi connectivity index (χ3n) is 3.53. The summed E-state index contributed by atoms with van der Waals surface area (Å²) >= 11 is 5.89. The molecule has 1 aromatic rings. The highest BCUT2D eigenvalue weighted by molar-refractivity contribution is 6.30. The molecule has 0 bridgehead atoms. The number of likely N-dealkylation sites (N-methyl/N-ethyl adjacent to an activating group) is 1. The molecular formula is C17H29ClN2. The van der Waals surface area contributed by atoms with Crippen molar-refractivity contribution in [3.8, 4) is 0 Å². The molecule has 1 aromatic carbocycles. The summed E-state index contributed by atoms with van der Waals surface area (Å²) in [5.74, 6) is 0.798. The molecule has 0 saturated carbocycles. The molecule has 0 aliphatic carbocycles. The zero-order valence-corrected chi connectivity index (χ0v) is 14.1. The lowest BCUT2D eigenvalue weighted by Gasteiger charge is -2.20. The van der Waals surface area contributed by atoms with Crippen LogP contribution in [-0.4, -0.2) is 31.1 Å². The van der Waals surface area contributed by atoms with Gasteiger partial charge in [-0.25, -0.2) is 0 Å². The number of rotatable bonds is 9. The van der Waals surface area contributed by atoms with E-state index in [4.69, 9.17) is 11.6 Å². The number of hydrogen-bond donors (Lipinski definition) is 1. The molecule has 0 aliphatic rings. The van der Waals surface area contributed by atoms with Gasteiger partial charge in [-0.2, -0.15) is 0 Å². The van der Waals surface area contributed by atoms with E-state index in [0.717, 1.165) is 30.6 Å². The van der Waals surface area contributed by atoms with Gasteiger partial charge in [0.15, 0.2) is 0 Å². The molecule has 0 spiro atoms. The molecule has 1 unspecified atom stereocenters. The summed E-state index contributed by atoms with van der Waals surface area (Å²) in [5, 5.41) is 4.40. The van der Waals surface area contributed by atoms with Gasteiger partial charge in [0.05, 0.1) is 0 Å². The Kier molecular flexibility index (Phi) is 8.20. The van der Waals surface area contributed by atoms with Gasteiger partial charge in [-0.3, -0.25) is 0 Å². The molecule has 114 valence electrons. The van der Waals surface area contributed by atoms with Crippen LogP contribution in [0.25, 0.3) is 0 Å². The van der Waals surface area contributed by atoms with Crippen molar-refractivity contribution in [1.82, 2.24) is 10.2 Å². The minimum Gasteiger partial charge on any atom is -0.313 e. The maximum atomic E-state index is 5.89. The van der Waals surface area contributed by atoms with Crippen molar-refractivity contribution in [3.05, 3.63) is 34.9 Å². The van der Waals surface area contributed by atoms with Crippen LogP contribution in [0.2, 0.25) is 5.02 Å². The number of benzene rings is 1. The van der Waals surface area contributed by atoms with Crippen molar-refractivity contribution >= 4 is 11.6 Å². The van der Waals surface area contributed by atoms with Gasteiger partial charge >= 0.3 is 0 Å². The SMILES string of the molecule is CC(C)CCC(C)NCCN(C)Cc1ccc(Cl)cc1. The first kappa shape index (κ1) is 17.5. The van der Waals surface area contributed by atoms with Crippen LogP contribution < -0.4 is 5.32 Å². The van der Waals surface area contributed by atoms with E-state index >= 15 is 0 Å². The molecule has 0 fully saturated rings. The van der Waals surface area contributed by atoms with Crippen LogP contribution >= 0.6 is 11.6 Å². The second kappa shape index (κ2) is 9.38. The number of nitrogens with zero attached hydrogens (tertiary/aromatic N) is 1. The molecule has 0 radical (unpaired) electrons. The van der Waals surface area contributed by atoms with Crippen molar-refractivity contribution < 1.29 is 0 Å². The maximum Gasteiger partial charge on any atom is 0.0406 e. The Hall–Kier alpha value is -0.570. The van der Waals surface area contributed by atoms with E-state index in [1.165, 1.54) is 18.4 Å². The lowest BCUT2D eigenvalue weighted by molar-refractivity contribution is 0.314. The van der Waals surface area contributed by atoms with Crippen LogP contribution in [0.5, 0.6) is 0 Å². The largest absolute Gasteiger partial charge is 0.313 e. The van der Waals surface area contributed by atoms with Crippen LogP contribution in [-0.2, 0) is 6.54 Å². The van der Waals surface area contributed by atoms with E-state index in [2.05, 4.69) is 50.2 Å². The van der Waals surface area contributed by atoms with Gasteiger partial charge in [0.25, 0.3) is 0 Å². The zero-order chi connectivity index (χ0) is 15.0. The summed E-state index contributed by atoms with van der Waals surface area (Å²) in [7, 11) is 2.16. The quantitative estimate of drug-likeness (QED) is 0.735. The Labute approximate surface area is 129 Å². The van der Waals surface area contributed by atoms with Crippen molar-refractivity contribution in [1.29, 1.82) is 0 Å². The average molecular weight is 297 g/mol. The second-order valence-corrected chi connectivity index (χ2v) is 6.63. The fourth-order valence-corrected chi connectivity index (χ4v) is 2.29. The van der Waals surface area contributed by atoms with Gasteiger partial charge in [0.2, 0.25) is 0 Å². The third-order valence-corrected chi connectivity index (χ3v) is 3.78. The van der Waals surface area contributed by atoms with E-state index in [1.54, 1.807) is 0 Å². The fourth-order valence-electron chi connectivity index (χ4n) is 2.17. The summed E-state index contributed by atoms with van der Waals surface area (Å²) < 4.78 is 0. The normalized spacial score (nSPS) is 13.2. The highest BCUT2D eigenvalue weighted by Crippen LogP contribution is 2.10. The number of hydrogen-bond acceptors (Lipinski definition) is 2. The molecule has 1 N–H and O–H groups in total. The average Bonchev–Trinajstić information content (AvgIpc) is 2.39. The van der Waals surface area contributed by atoms with Gasteiger partial charge in [-0.05, 0) is 50.4 Å². The van der Waals surface area contributed by atoms with Gasteiger partial charge in [0.1, 0.15) is 0 Å². The first-order valence-electron chi connectivity index (χ1n) is 7.63. The van der Waals surface area contributed by atoms with Crippen LogP contribution in [0.3, 0.4) is 0 Å². The van der Waals surface area contributed by atoms with E-state index in [1.807, 2.05) is 12.1 Å². The standard InChI is InChI=1S/C17H29ClN2/c1-14(2)5-6-15(3)19-11-12-20(4)13-16-7-9-17(18)10-8-16/h7-10,14-15,19H,5-6,11-13H2,1-4H3. The molecule has 0 amide bonds. The lowest BCUT2D eigenvalue weighted by Crippen LogP contribution is -2.34. The Morgan fingerprint density at radius 2 is 1.75 bits per heavy atom. The lowest BCUT2D eigenvalue weighted by atomic mass is 10.0. The van der Waals surface area contributed by atoms with E-state index < -0.39 is 0 Å². The smallest absolute Gasteiger partial charge is 0.0406 e. The van der Waals surface area contributed by atoms with Crippen molar-refractivity contribution in [2.45, 2.75) is 46.2 Å². The first-order valence-corrected chi connectivity index (χ1v) is 8.01. The molecule has 2 nitrogen and oxygen atoms in total. The van der Waals surface area contributed by atoms with Gasteiger partial charge in [-0.1, -0.05) is 37.6 Å². The molecule has 1 rings (SSSR count). The van der Waals surface area contributed by atoms with E-state index in [-0.39, 0.29) is 0 Å². The third kappa shape index (κ3) is 7.88. The Balaban J connectivity index is 2.16. The summed E-state index contributed by atoms with van der Waals surface area (Å²) in [4.78, 5) is 2.34. The number of halogens is 1. The Morgan fingerprint density at radius 1 is 1.10 bits per heavy atom. The van der Waals surface area contributed by atoms with Crippen LogP contribution in [0, 0.1) is 5.92 Å². The van der Waals surface area contributed by atoms with Crippen molar-refractivity contribution in [2.75, 3.05) is 20.1 Å². The van der Waals surface area contributed by atoms with Crippen molar-refractivity contribution in [3.63, 3.8) is 0 Å². The minimum absolute atomic E-state index is 0.612. The Morgan fingerprint density at radius 3 is 2.35 bits per heavy atom. The van der Waals surface area contributed by atoms with Crippen LogP contribution in [0.1, 0.15) is 39.2 Å². The topological polar surface area (TPSA) is 15.3 Å². The Bertz CT molecular complexity index is 362. The molecule has 1 atom stereocenters. The van der Waals surface area contributed by atoms with Crippen LogP contribution in [0.4, 0.5) is 0 Å².